The summed E-state index contributed by atoms with van der Waals surface area (Å²) in [4.78, 5) is 20.2. The van der Waals surface area contributed by atoms with Gasteiger partial charge in [-0.05, 0) is 51.2 Å². The summed E-state index contributed by atoms with van der Waals surface area (Å²) >= 11 is 0. The minimum atomic E-state index is -0.733. The van der Waals surface area contributed by atoms with Crippen LogP contribution in [0.15, 0.2) is 47.9 Å². The van der Waals surface area contributed by atoms with E-state index in [0.29, 0.717) is 23.2 Å². The van der Waals surface area contributed by atoms with Crippen molar-refractivity contribution in [1.29, 1.82) is 0 Å². The lowest BCUT2D eigenvalue weighted by Crippen LogP contribution is -2.13. The molecule has 0 radical (unpaired) electrons. The fraction of sp³-hybridized carbons (Fsp3) is 0.385. The molecule has 182 valence electrons. The van der Waals surface area contributed by atoms with Crippen LogP contribution in [0.25, 0.3) is 22.3 Å². The molecule has 7 nitrogen and oxygen atoms in total. The van der Waals surface area contributed by atoms with Gasteiger partial charge in [0.15, 0.2) is 0 Å². The van der Waals surface area contributed by atoms with Gasteiger partial charge in [-0.25, -0.2) is 18.7 Å². The Morgan fingerprint density at radius 3 is 2.63 bits per heavy atom. The quantitative estimate of drug-likeness (QED) is 0.412. The number of aromatic nitrogens is 5. The van der Waals surface area contributed by atoms with Gasteiger partial charge in [0.05, 0.1) is 23.9 Å². The van der Waals surface area contributed by atoms with E-state index in [1.807, 2.05) is 6.20 Å². The number of pyridine rings is 1. The summed E-state index contributed by atoms with van der Waals surface area (Å²) in [5, 5.41) is 4.39. The number of hydrogen-bond donors (Lipinski definition) is 0. The normalized spacial score (nSPS) is 17.8. The van der Waals surface area contributed by atoms with Crippen molar-refractivity contribution in [2.45, 2.75) is 51.2 Å². The van der Waals surface area contributed by atoms with Crippen LogP contribution in [0, 0.1) is 18.6 Å². The standard InChI is InChI=1S/C15H11F2N3O.C11H16N2O/c1-8-6-20(2)14-12(18-7-19-13(14)15(8)21)10-4-3-9(16)5-11(10)17;1-2-6-14-11(3-1)9-7-12-13(8-9)10-4-5-10/h3-7H,1-2H3;7-8,10-11H,1-6H2. The Bertz CT molecular complexity index is 1420. The largest absolute Gasteiger partial charge is 0.373 e. The van der Waals surface area contributed by atoms with E-state index < -0.39 is 11.6 Å². The molecular weight excluding hydrogens is 452 g/mol. The first kappa shape index (κ1) is 23.3. The van der Waals surface area contributed by atoms with Crippen LogP contribution in [-0.4, -0.2) is 30.9 Å². The van der Waals surface area contributed by atoms with Crippen molar-refractivity contribution < 1.29 is 13.5 Å². The maximum absolute atomic E-state index is 14.0. The number of aryl methyl sites for hydroxylation is 2. The third kappa shape index (κ3) is 4.86. The molecule has 1 saturated carbocycles. The van der Waals surface area contributed by atoms with Crippen LogP contribution >= 0.6 is 0 Å². The first-order valence-electron chi connectivity index (χ1n) is 11.8. The smallest absolute Gasteiger partial charge is 0.210 e. The van der Waals surface area contributed by atoms with Crippen LogP contribution < -0.4 is 5.43 Å². The van der Waals surface area contributed by atoms with Crippen LogP contribution in [0.5, 0.6) is 0 Å². The summed E-state index contributed by atoms with van der Waals surface area (Å²) < 4.78 is 36.5. The van der Waals surface area contributed by atoms with E-state index in [-0.39, 0.29) is 22.2 Å². The van der Waals surface area contributed by atoms with Gasteiger partial charge in [0.1, 0.15) is 29.2 Å². The Kier molecular flexibility index (Phi) is 6.42. The summed E-state index contributed by atoms with van der Waals surface area (Å²) in [6.45, 7) is 2.60. The number of ether oxygens (including phenoxy) is 1. The molecule has 1 aliphatic heterocycles. The molecule has 1 unspecified atom stereocenters. The van der Waals surface area contributed by atoms with Gasteiger partial charge in [0.25, 0.3) is 0 Å². The second kappa shape index (κ2) is 9.65. The molecule has 0 amide bonds. The third-order valence-electron chi connectivity index (χ3n) is 6.42. The minimum Gasteiger partial charge on any atom is -0.373 e. The first-order chi connectivity index (χ1) is 16.9. The van der Waals surface area contributed by atoms with E-state index in [1.165, 1.54) is 43.6 Å². The van der Waals surface area contributed by atoms with Crippen molar-refractivity contribution in [3.63, 3.8) is 0 Å². The Hall–Kier alpha value is -3.46. The van der Waals surface area contributed by atoms with Crippen LogP contribution in [0.2, 0.25) is 0 Å². The van der Waals surface area contributed by atoms with Crippen LogP contribution in [0.1, 0.15) is 55.4 Å². The van der Waals surface area contributed by atoms with Crippen LogP contribution in [-0.2, 0) is 11.8 Å². The van der Waals surface area contributed by atoms with E-state index in [2.05, 4.69) is 25.9 Å². The average molecular weight is 480 g/mol. The van der Waals surface area contributed by atoms with Gasteiger partial charge >= 0.3 is 0 Å². The highest BCUT2D eigenvalue weighted by molar-refractivity contribution is 5.89. The number of nitrogens with zero attached hydrogens (tertiary/aromatic N) is 5. The van der Waals surface area contributed by atoms with E-state index in [0.717, 1.165) is 25.2 Å². The number of rotatable bonds is 3. The maximum Gasteiger partial charge on any atom is 0.210 e. The zero-order valence-corrected chi connectivity index (χ0v) is 19.7. The predicted molar refractivity (Wildman–Crippen MR) is 128 cm³/mol. The highest BCUT2D eigenvalue weighted by Gasteiger charge is 2.26. The van der Waals surface area contributed by atoms with Crippen molar-refractivity contribution in [3.8, 4) is 11.3 Å². The van der Waals surface area contributed by atoms with Crippen molar-refractivity contribution in [1.82, 2.24) is 24.3 Å². The molecule has 0 N–H and O–H groups in total. The lowest BCUT2D eigenvalue weighted by atomic mass is 10.0. The van der Waals surface area contributed by atoms with Crippen molar-refractivity contribution in [2.75, 3.05) is 6.61 Å². The van der Waals surface area contributed by atoms with E-state index >= 15 is 0 Å². The van der Waals surface area contributed by atoms with Gasteiger partial charge in [-0.15, -0.1) is 0 Å². The molecule has 1 aromatic carbocycles. The Morgan fingerprint density at radius 1 is 1.09 bits per heavy atom. The monoisotopic (exact) mass is 479 g/mol. The number of fused-ring (bicyclic) bond motifs is 1. The molecule has 4 aromatic rings. The van der Waals surface area contributed by atoms with Crippen LogP contribution in [0.3, 0.4) is 0 Å². The Labute approximate surface area is 201 Å². The fourth-order valence-electron chi connectivity index (χ4n) is 4.42. The van der Waals surface area contributed by atoms with Gasteiger partial charge in [0.2, 0.25) is 5.43 Å². The summed E-state index contributed by atoms with van der Waals surface area (Å²) in [5.41, 5.74) is 2.60. The van der Waals surface area contributed by atoms with E-state index in [1.54, 1.807) is 24.7 Å². The lowest BCUT2D eigenvalue weighted by molar-refractivity contribution is 0.0149. The molecule has 0 spiro atoms. The zero-order chi connectivity index (χ0) is 24.5. The maximum atomic E-state index is 14.0. The molecule has 1 aliphatic carbocycles. The summed E-state index contributed by atoms with van der Waals surface area (Å²) in [6.07, 6.45) is 13.6. The molecule has 4 heterocycles. The van der Waals surface area contributed by atoms with Gasteiger partial charge in [-0.3, -0.25) is 9.48 Å². The van der Waals surface area contributed by atoms with Gasteiger partial charge < -0.3 is 9.30 Å². The molecule has 6 rings (SSSR count). The van der Waals surface area contributed by atoms with Crippen LogP contribution in [0.4, 0.5) is 8.78 Å². The molecule has 1 saturated heterocycles. The Morgan fingerprint density at radius 2 is 1.91 bits per heavy atom. The topological polar surface area (TPSA) is 74.8 Å². The fourth-order valence-corrected chi connectivity index (χ4v) is 4.42. The first-order valence-corrected chi connectivity index (χ1v) is 11.8. The predicted octanol–water partition coefficient (Wildman–Crippen LogP) is 5.04. The van der Waals surface area contributed by atoms with Gasteiger partial charge in [-0.1, -0.05) is 0 Å². The molecule has 35 heavy (non-hydrogen) atoms. The minimum absolute atomic E-state index is 0.127. The molecule has 2 aliphatic rings. The Balaban J connectivity index is 0.000000156. The second-order valence-electron chi connectivity index (χ2n) is 9.14. The van der Waals surface area contributed by atoms with Gasteiger partial charge in [0, 0.05) is 48.8 Å². The molecule has 3 aromatic heterocycles. The molecule has 2 fully saturated rings. The highest BCUT2D eigenvalue weighted by Crippen LogP contribution is 2.36. The average Bonchev–Trinajstić information content (AvgIpc) is 3.59. The molecular formula is C26H27F2N5O2. The molecule has 0 bridgehead atoms. The SMILES string of the molecule is Cc1cn(C)c2c(-c3ccc(F)cc3F)ncnc2c1=O.c1nn(C2CC2)cc1C1CCCCO1. The van der Waals surface area contributed by atoms with E-state index in [9.17, 15) is 13.6 Å². The summed E-state index contributed by atoms with van der Waals surface area (Å²) in [7, 11) is 1.73. The third-order valence-corrected chi connectivity index (χ3v) is 6.42. The number of hydrogen-bond acceptors (Lipinski definition) is 5. The number of benzene rings is 1. The van der Waals surface area contributed by atoms with Gasteiger partial charge in [-0.2, -0.15) is 5.10 Å². The summed E-state index contributed by atoms with van der Waals surface area (Å²) in [6, 6.07) is 3.93. The number of halogens is 2. The summed E-state index contributed by atoms with van der Waals surface area (Å²) in [5.74, 6) is -1.40. The van der Waals surface area contributed by atoms with Crippen molar-refractivity contribution >= 4 is 11.0 Å². The van der Waals surface area contributed by atoms with E-state index in [4.69, 9.17) is 4.74 Å². The van der Waals surface area contributed by atoms with Crippen molar-refractivity contribution in [2.24, 2.45) is 7.05 Å². The highest BCUT2D eigenvalue weighted by atomic mass is 19.1. The van der Waals surface area contributed by atoms with Crippen molar-refractivity contribution in [3.05, 3.63) is 76.1 Å². The lowest BCUT2D eigenvalue weighted by Gasteiger charge is -2.21. The molecule has 1 atom stereocenters. The second-order valence-corrected chi connectivity index (χ2v) is 9.14. The zero-order valence-electron chi connectivity index (χ0n) is 19.7. The molecule has 9 heteroatoms.